The van der Waals surface area contributed by atoms with Crippen LogP contribution in [-0.2, 0) is 6.54 Å². The maximum Gasteiger partial charge on any atom is 0.119 e. The summed E-state index contributed by atoms with van der Waals surface area (Å²) in [4.78, 5) is 0. The summed E-state index contributed by atoms with van der Waals surface area (Å²) in [7, 11) is 1.69. The number of halogens is 1. The highest BCUT2D eigenvalue weighted by Crippen LogP contribution is 2.22. The molecule has 0 aliphatic heterocycles. The smallest absolute Gasteiger partial charge is 0.119 e. The predicted octanol–water partition coefficient (Wildman–Crippen LogP) is 2.16. The van der Waals surface area contributed by atoms with Crippen LogP contribution in [-0.4, -0.2) is 26.7 Å². The van der Waals surface area contributed by atoms with E-state index >= 15 is 0 Å². The van der Waals surface area contributed by atoms with Crippen molar-refractivity contribution in [3.8, 4) is 5.75 Å². The van der Waals surface area contributed by atoms with Gasteiger partial charge >= 0.3 is 0 Å². The van der Waals surface area contributed by atoms with Gasteiger partial charge in [0.05, 0.1) is 7.11 Å². The molecule has 0 bridgehead atoms. The first kappa shape index (κ1) is 13.5. The molecule has 0 saturated carbocycles. The average Bonchev–Trinajstić information content (AvgIpc) is 2.31. The number of hydrogen-bond acceptors (Lipinski definition) is 3. The maximum atomic E-state index is 5.19. The van der Waals surface area contributed by atoms with E-state index in [0.29, 0.717) is 0 Å². The number of benzene rings is 1. The second kappa shape index (κ2) is 7.65. The molecule has 16 heavy (non-hydrogen) atoms. The highest BCUT2D eigenvalue weighted by Gasteiger charge is 2.01. The van der Waals surface area contributed by atoms with Gasteiger partial charge in [-0.3, -0.25) is 0 Å². The van der Waals surface area contributed by atoms with E-state index in [1.54, 1.807) is 7.11 Å². The summed E-state index contributed by atoms with van der Waals surface area (Å²) < 4.78 is 6.31. The molecule has 0 aromatic heterocycles. The highest BCUT2D eigenvalue weighted by atomic mass is 79.9. The lowest BCUT2D eigenvalue weighted by Gasteiger charge is -2.09. The summed E-state index contributed by atoms with van der Waals surface area (Å²) in [6.45, 7) is 5.95. The minimum atomic E-state index is 0.850. The van der Waals surface area contributed by atoms with E-state index in [-0.39, 0.29) is 0 Å². The van der Waals surface area contributed by atoms with Crippen LogP contribution in [0.25, 0.3) is 0 Å². The third-order valence-corrected chi connectivity index (χ3v) is 3.07. The molecular formula is C12H19BrN2O. The van der Waals surface area contributed by atoms with Crippen molar-refractivity contribution in [1.82, 2.24) is 10.6 Å². The lowest BCUT2D eigenvalue weighted by molar-refractivity contribution is 0.414. The molecule has 1 aromatic rings. The van der Waals surface area contributed by atoms with Gasteiger partial charge < -0.3 is 15.4 Å². The third-order valence-electron chi connectivity index (χ3n) is 2.30. The lowest BCUT2D eigenvalue weighted by atomic mass is 10.2. The van der Waals surface area contributed by atoms with Crippen molar-refractivity contribution in [2.45, 2.75) is 13.5 Å². The molecule has 0 atom stereocenters. The molecule has 0 spiro atoms. The standard InChI is InChI=1S/C12H19BrN2O/c1-3-14-6-7-15-9-10-8-11(16-2)4-5-12(10)13/h4-5,8,14-15H,3,6-7,9H2,1-2H3. The Morgan fingerprint density at radius 1 is 1.25 bits per heavy atom. The monoisotopic (exact) mass is 286 g/mol. The first-order chi connectivity index (χ1) is 7.77. The largest absolute Gasteiger partial charge is 0.497 e. The zero-order valence-corrected chi connectivity index (χ0v) is 11.4. The molecule has 2 N–H and O–H groups in total. The topological polar surface area (TPSA) is 33.3 Å². The van der Waals surface area contributed by atoms with Crippen LogP contribution in [0.4, 0.5) is 0 Å². The first-order valence-electron chi connectivity index (χ1n) is 5.51. The summed E-state index contributed by atoms with van der Waals surface area (Å²) in [6.07, 6.45) is 0. The van der Waals surface area contributed by atoms with Crippen molar-refractivity contribution in [3.05, 3.63) is 28.2 Å². The molecule has 0 amide bonds. The van der Waals surface area contributed by atoms with Crippen molar-refractivity contribution in [2.24, 2.45) is 0 Å². The van der Waals surface area contributed by atoms with E-state index in [0.717, 1.165) is 36.4 Å². The fourth-order valence-corrected chi connectivity index (χ4v) is 1.78. The Labute approximate surface area is 106 Å². The predicted molar refractivity (Wildman–Crippen MR) is 70.9 cm³/mol. The van der Waals surface area contributed by atoms with Crippen LogP contribution in [0.5, 0.6) is 5.75 Å². The molecule has 0 unspecified atom stereocenters. The van der Waals surface area contributed by atoms with Gasteiger partial charge in [0.25, 0.3) is 0 Å². The van der Waals surface area contributed by atoms with Crippen molar-refractivity contribution in [3.63, 3.8) is 0 Å². The normalized spacial score (nSPS) is 10.4. The Hall–Kier alpha value is -0.580. The van der Waals surface area contributed by atoms with Crippen molar-refractivity contribution in [2.75, 3.05) is 26.7 Å². The van der Waals surface area contributed by atoms with Crippen LogP contribution >= 0.6 is 15.9 Å². The fraction of sp³-hybridized carbons (Fsp3) is 0.500. The van der Waals surface area contributed by atoms with Gasteiger partial charge in [-0.15, -0.1) is 0 Å². The van der Waals surface area contributed by atoms with Crippen molar-refractivity contribution < 1.29 is 4.74 Å². The lowest BCUT2D eigenvalue weighted by Crippen LogP contribution is -2.26. The molecule has 3 nitrogen and oxygen atoms in total. The van der Waals surface area contributed by atoms with E-state index in [1.165, 1.54) is 5.56 Å². The molecule has 1 rings (SSSR count). The first-order valence-corrected chi connectivity index (χ1v) is 6.31. The van der Waals surface area contributed by atoms with Crippen LogP contribution in [0, 0.1) is 0 Å². The summed E-state index contributed by atoms with van der Waals surface area (Å²) in [5, 5.41) is 6.65. The molecule has 4 heteroatoms. The Kier molecular flexibility index (Phi) is 6.45. The van der Waals surface area contributed by atoms with E-state index in [4.69, 9.17) is 4.74 Å². The molecule has 0 aliphatic carbocycles. The van der Waals surface area contributed by atoms with Crippen molar-refractivity contribution >= 4 is 15.9 Å². The van der Waals surface area contributed by atoms with Gasteiger partial charge in [0.2, 0.25) is 0 Å². The Balaban J connectivity index is 2.40. The van der Waals surface area contributed by atoms with Gasteiger partial charge in [-0.2, -0.15) is 0 Å². The van der Waals surface area contributed by atoms with Gasteiger partial charge in [-0.25, -0.2) is 0 Å². The molecule has 0 heterocycles. The van der Waals surface area contributed by atoms with Crippen LogP contribution in [0.2, 0.25) is 0 Å². The van der Waals surface area contributed by atoms with E-state index < -0.39 is 0 Å². The zero-order valence-electron chi connectivity index (χ0n) is 9.85. The number of nitrogens with one attached hydrogen (secondary N) is 2. The number of ether oxygens (including phenoxy) is 1. The number of rotatable bonds is 7. The molecule has 0 fully saturated rings. The molecular weight excluding hydrogens is 268 g/mol. The van der Waals surface area contributed by atoms with Gasteiger partial charge in [-0.05, 0) is 30.3 Å². The Morgan fingerprint density at radius 3 is 2.69 bits per heavy atom. The summed E-state index contributed by atoms with van der Waals surface area (Å²) in [5.74, 6) is 0.895. The van der Waals surface area contributed by atoms with Crippen LogP contribution in [0.1, 0.15) is 12.5 Å². The third kappa shape index (κ3) is 4.51. The second-order valence-electron chi connectivity index (χ2n) is 3.49. The van der Waals surface area contributed by atoms with Gasteiger partial charge in [0.15, 0.2) is 0 Å². The van der Waals surface area contributed by atoms with E-state index in [2.05, 4.69) is 33.5 Å². The molecule has 90 valence electrons. The maximum absolute atomic E-state index is 5.19. The summed E-state index contributed by atoms with van der Waals surface area (Å²) in [5.41, 5.74) is 1.22. The average molecular weight is 287 g/mol. The quantitative estimate of drug-likeness (QED) is 0.754. The van der Waals surface area contributed by atoms with Gasteiger partial charge in [0, 0.05) is 24.1 Å². The number of hydrogen-bond donors (Lipinski definition) is 2. The number of likely N-dealkylation sites (N-methyl/N-ethyl adjacent to an activating group) is 1. The van der Waals surface area contributed by atoms with E-state index in [1.807, 2.05) is 18.2 Å². The SMILES string of the molecule is CCNCCNCc1cc(OC)ccc1Br. The Bertz CT molecular complexity index is 318. The van der Waals surface area contributed by atoms with Crippen LogP contribution < -0.4 is 15.4 Å². The summed E-state index contributed by atoms with van der Waals surface area (Å²) >= 11 is 3.53. The molecule has 1 aromatic carbocycles. The molecule has 0 radical (unpaired) electrons. The van der Waals surface area contributed by atoms with Gasteiger partial charge in [-0.1, -0.05) is 22.9 Å². The minimum Gasteiger partial charge on any atom is -0.497 e. The highest BCUT2D eigenvalue weighted by molar-refractivity contribution is 9.10. The number of methoxy groups -OCH3 is 1. The summed E-state index contributed by atoms with van der Waals surface area (Å²) in [6, 6.07) is 6.01. The second-order valence-corrected chi connectivity index (χ2v) is 4.34. The zero-order chi connectivity index (χ0) is 11.8. The van der Waals surface area contributed by atoms with Crippen molar-refractivity contribution in [1.29, 1.82) is 0 Å². The fourth-order valence-electron chi connectivity index (χ4n) is 1.39. The van der Waals surface area contributed by atoms with E-state index in [9.17, 15) is 0 Å². The van der Waals surface area contributed by atoms with Gasteiger partial charge in [0.1, 0.15) is 5.75 Å². The molecule has 0 saturated heterocycles. The Morgan fingerprint density at radius 2 is 2.00 bits per heavy atom. The van der Waals surface area contributed by atoms with Crippen LogP contribution in [0.3, 0.4) is 0 Å². The minimum absolute atomic E-state index is 0.850. The molecule has 0 aliphatic rings. The van der Waals surface area contributed by atoms with Crippen LogP contribution in [0.15, 0.2) is 22.7 Å².